The smallest absolute Gasteiger partial charge is 0.190 e. The molecule has 1 fully saturated rings. The van der Waals surface area contributed by atoms with Crippen molar-refractivity contribution in [2.45, 2.75) is 32.4 Å². The number of nitrogens with one attached hydrogen (secondary N) is 2. The molecule has 0 amide bonds. The Morgan fingerprint density at radius 2 is 1.97 bits per heavy atom. The number of guanidine groups is 1. The van der Waals surface area contributed by atoms with Crippen LogP contribution >= 0.6 is 24.0 Å². The van der Waals surface area contributed by atoms with Gasteiger partial charge in [0.05, 0.1) is 7.11 Å². The van der Waals surface area contributed by atoms with Crippen LogP contribution in [0.15, 0.2) is 47.7 Å². The van der Waals surface area contributed by atoms with Gasteiger partial charge in [0.15, 0.2) is 5.96 Å². The van der Waals surface area contributed by atoms with Gasteiger partial charge >= 0.3 is 0 Å². The quantitative estimate of drug-likeness (QED) is 0.228. The molecule has 1 aliphatic rings. The Balaban J connectivity index is 0.00000320. The van der Waals surface area contributed by atoms with Crippen molar-refractivity contribution in [1.29, 1.82) is 0 Å². The number of piperidine rings is 1. The number of aliphatic imine (C=N–C) groups is 1. The predicted molar refractivity (Wildman–Crippen MR) is 133 cm³/mol. The highest BCUT2D eigenvalue weighted by Gasteiger charge is 2.19. The van der Waals surface area contributed by atoms with Crippen LogP contribution in [0.2, 0.25) is 0 Å². The van der Waals surface area contributed by atoms with Crippen LogP contribution in [0.4, 0.5) is 0 Å². The van der Waals surface area contributed by atoms with E-state index in [-0.39, 0.29) is 24.0 Å². The highest BCUT2D eigenvalue weighted by atomic mass is 127. The van der Waals surface area contributed by atoms with Crippen molar-refractivity contribution >= 4 is 29.9 Å². The minimum absolute atomic E-state index is 0. The molecule has 0 aliphatic carbocycles. The number of nitrogens with zero attached hydrogens (tertiary/aromatic N) is 4. The van der Waals surface area contributed by atoms with Crippen LogP contribution in [-0.4, -0.2) is 61.0 Å². The number of methoxy groups -OCH3 is 1. The fourth-order valence-corrected chi connectivity index (χ4v) is 3.68. The van der Waals surface area contributed by atoms with E-state index in [2.05, 4.69) is 37.8 Å². The van der Waals surface area contributed by atoms with Gasteiger partial charge in [0.1, 0.15) is 5.75 Å². The van der Waals surface area contributed by atoms with E-state index in [0.29, 0.717) is 5.92 Å². The molecular weight excluding hydrogens is 491 g/mol. The molecule has 7 nitrogen and oxygen atoms in total. The summed E-state index contributed by atoms with van der Waals surface area (Å²) in [7, 11) is 3.54. The second-order valence-corrected chi connectivity index (χ2v) is 7.57. The Bertz CT molecular complexity index is 727. The second-order valence-electron chi connectivity index (χ2n) is 7.57. The van der Waals surface area contributed by atoms with Gasteiger partial charge in [-0.05, 0) is 62.0 Å². The van der Waals surface area contributed by atoms with Gasteiger partial charge in [-0.15, -0.1) is 24.0 Å². The fraction of sp³-hybridized carbons (Fsp3) is 0.545. The standard InChI is InChI=1S/C22H34N6O.HI/c1-23-22(24-11-3-13-28-14-4-12-26-28)25-17-19-9-15-27(16-10-19)18-20-5-7-21(29-2)8-6-20;/h4-8,12,14,19H,3,9-11,13,15-18H2,1-2H3,(H2,23,24,25);1H. The summed E-state index contributed by atoms with van der Waals surface area (Å²) in [5, 5.41) is 11.1. The molecule has 166 valence electrons. The predicted octanol–water partition coefficient (Wildman–Crippen LogP) is 2.98. The van der Waals surface area contributed by atoms with E-state index in [1.807, 2.05) is 42.3 Å². The molecule has 0 saturated carbocycles. The van der Waals surface area contributed by atoms with E-state index in [4.69, 9.17) is 4.74 Å². The van der Waals surface area contributed by atoms with E-state index in [9.17, 15) is 0 Å². The summed E-state index contributed by atoms with van der Waals surface area (Å²) in [6, 6.07) is 10.4. The molecule has 0 radical (unpaired) electrons. The highest BCUT2D eigenvalue weighted by Crippen LogP contribution is 2.19. The molecule has 0 atom stereocenters. The lowest BCUT2D eigenvalue weighted by Crippen LogP contribution is -2.43. The minimum atomic E-state index is 0. The van der Waals surface area contributed by atoms with E-state index in [0.717, 1.165) is 57.4 Å². The molecule has 0 bridgehead atoms. The van der Waals surface area contributed by atoms with E-state index in [1.165, 1.54) is 18.4 Å². The van der Waals surface area contributed by atoms with Crippen LogP contribution in [0.5, 0.6) is 5.75 Å². The molecule has 8 heteroatoms. The number of aromatic nitrogens is 2. The number of benzene rings is 1. The molecular formula is C22H35IN6O. The van der Waals surface area contributed by atoms with Crippen LogP contribution in [0.25, 0.3) is 0 Å². The summed E-state index contributed by atoms with van der Waals surface area (Å²) >= 11 is 0. The minimum Gasteiger partial charge on any atom is -0.497 e. The molecule has 1 saturated heterocycles. The van der Waals surface area contributed by atoms with Crippen molar-refractivity contribution in [2.24, 2.45) is 10.9 Å². The zero-order valence-electron chi connectivity index (χ0n) is 18.1. The molecule has 30 heavy (non-hydrogen) atoms. The molecule has 3 rings (SSSR count). The van der Waals surface area contributed by atoms with Crippen molar-refractivity contribution in [3.05, 3.63) is 48.3 Å². The van der Waals surface area contributed by atoms with Crippen molar-refractivity contribution in [3.63, 3.8) is 0 Å². The monoisotopic (exact) mass is 526 g/mol. The van der Waals surface area contributed by atoms with Gasteiger partial charge in [-0.2, -0.15) is 5.10 Å². The van der Waals surface area contributed by atoms with E-state index < -0.39 is 0 Å². The first-order valence-electron chi connectivity index (χ1n) is 10.5. The van der Waals surface area contributed by atoms with Gasteiger partial charge in [-0.25, -0.2) is 0 Å². The maximum atomic E-state index is 5.24. The Kier molecular flexibility index (Phi) is 11.0. The van der Waals surface area contributed by atoms with Crippen LogP contribution in [-0.2, 0) is 13.1 Å². The van der Waals surface area contributed by atoms with Crippen molar-refractivity contribution in [1.82, 2.24) is 25.3 Å². The lowest BCUT2D eigenvalue weighted by molar-refractivity contribution is 0.178. The van der Waals surface area contributed by atoms with Gasteiger partial charge in [0.2, 0.25) is 0 Å². The maximum Gasteiger partial charge on any atom is 0.190 e. The zero-order valence-corrected chi connectivity index (χ0v) is 20.4. The molecule has 1 aromatic heterocycles. The second kappa shape index (κ2) is 13.5. The molecule has 2 N–H and O–H groups in total. The van der Waals surface area contributed by atoms with E-state index >= 15 is 0 Å². The number of hydrogen-bond donors (Lipinski definition) is 2. The zero-order chi connectivity index (χ0) is 20.3. The highest BCUT2D eigenvalue weighted by molar-refractivity contribution is 14.0. The van der Waals surface area contributed by atoms with Crippen molar-refractivity contribution in [3.8, 4) is 5.75 Å². The average Bonchev–Trinajstić information content (AvgIpc) is 3.28. The summed E-state index contributed by atoms with van der Waals surface area (Å²) in [4.78, 5) is 6.89. The third-order valence-corrected chi connectivity index (χ3v) is 5.47. The summed E-state index contributed by atoms with van der Waals surface area (Å²) in [6.45, 7) is 6.10. The number of ether oxygens (including phenoxy) is 1. The first kappa shape index (κ1) is 24.5. The van der Waals surface area contributed by atoms with Crippen molar-refractivity contribution in [2.75, 3.05) is 40.3 Å². The largest absolute Gasteiger partial charge is 0.497 e. The van der Waals surface area contributed by atoms with Gasteiger partial charge in [-0.3, -0.25) is 14.6 Å². The summed E-state index contributed by atoms with van der Waals surface area (Å²) in [5.41, 5.74) is 1.35. The number of rotatable bonds is 9. The normalized spacial score (nSPS) is 15.5. The third-order valence-electron chi connectivity index (χ3n) is 5.47. The third kappa shape index (κ3) is 8.14. The number of hydrogen-bond acceptors (Lipinski definition) is 4. The lowest BCUT2D eigenvalue weighted by Gasteiger charge is -2.32. The summed E-state index contributed by atoms with van der Waals surface area (Å²) < 4.78 is 7.19. The summed E-state index contributed by atoms with van der Waals surface area (Å²) in [6.07, 6.45) is 7.27. The van der Waals surface area contributed by atoms with E-state index in [1.54, 1.807) is 7.11 Å². The topological polar surface area (TPSA) is 66.7 Å². The summed E-state index contributed by atoms with van der Waals surface area (Å²) in [5.74, 6) is 2.51. The Morgan fingerprint density at radius 3 is 2.60 bits per heavy atom. The number of halogens is 1. The Labute approximate surface area is 197 Å². The Hall–Kier alpha value is -1.81. The van der Waals surface area contributed by atoms with Crippen LogP contribution in [0.1, 0.15) is 24.8 Å². The molecule has 0 spiro atoms. The number of aryl methyl sites for hydroxylation is 1. The molecule has 1 aliphatic heterocycles. The first-order chi connectivity index (χ1) is 14.3. The molecule has 1 aromatic carbocycles. The van der Waals surface area contributed by atoms with Crippen molar-refractivity contribution < 1.29 is 4.74 Å². The van der Waals surface area contributed by atoms with Gasteiger partial charge in [0.25, 0.3) is 0 Å². The molecule has 0 unspecified atom stereocenters. The van der Waals surface area contributed by atoms with Crippen LogP contribution in [0.3, 0.4) is 0 Å². The van der Waals surface area contributed by atoms with Gasteiger partial charge in [-0.1, -0.05) is 12.1 Å². The molecule has 2 heterocycles. The van der Waals surface area contributed by atoms with Gasteiger partial charge in [0, 0.05) is 45.6 Å². The van der Waals surface area contributed by atoms with Gasteiger partial charge < -0.3 is 15.4 Å². The average molecular weight is 526 g/mol. The first-order valence-corrected chi connectivity index (χ1v) is 10.5. The van der Waals surface area contributed by atoms with Crippen LogP contribution in [0, 0.1) is 5.92 Å². The maximum absolute atomic E-state index is 5.24. The Morgan fingerprint density at radius 1 is 1.20 bits per heavy atom. The number of likely N-dealkylation sites (tertiary alicyclic amines) is 1. The fourth-order valence-electron chi connectivity index (χ4n) is 3.68. The van der Waals surface area contributed by atoms with Crippen LogP contribution < -0.4 is 15.4 Å². The lowest BCUT2D eigenvalue weighted by atomic mass is 9.96. The SMILES string of the molecule is CN=C(NCCCn1cccn1)NCC1CCN(Cc2ccc(OC)cc2)CC1.I. The molecule has 2 aromatic rings.